The second-order valence-corrected chi connectivity index (χ2v) is 4.82. The van der Waals surface area contributed by atoms with E-state index >= 15 is 0 Å². The standard InChI is InChI=1S/C12H20N2O3/c1-3-17-12(16)10-7-13-4-5-14(10)11(15)9-6-8(9)2/h8-10,13H,3-7H2,1-2H3. The second-order valence-electron chi connectivity index (χ2n) is 4.82. The van der Waals surface area contributed by atoms with Gasteiger partial charge in [-0.15, -0.1) is 0 Å². The fourth-order valence-electron chi connectivity index (χ4n) is 2.30. The maximum atomic E-state index is 12.2. The Balaban J connectivity index is 2.01. The highest BCUT2D eigenvalue weighted by molar-refractivity contribution is 5.87. The van der Waals surface area contributed by atoms with E-state index in [1.807, 2.05) is 0 Å². The molecule has 0 radical (unpaired) electrons. The summed E-state index contributed by atoms with van der Waals surface area (Å²) >= 11 is 0. The molecular formula is C12H20N2O3. The summed E-state index contributed by atoms with van der Waals surface area (Å²) in [7, 11) is 0. The molecule has 1 N–H and O–H groups in total. The molecule has 2 aliphatic rings. The quantitative estimate of drug-likeness (QED) is 0.706. The van der Waals surface area contributed by atoms with Gasteiger partial charge in [0.1, 0.15) is 6.04 Å². The zero-order valence-corrected chi connectivity index (χ0v) is 10.4. The van der Waals surface area contributed by atoms with Gasteiger partial charge in [0.2, 0.25) is 5.91 Å². The molecule has 0 aromatic rings. The molecule has 0 bridgehead atoms. The van der Waals surface area contributed by atoms with Crippen molar-refractivity contribution in [2.45, 2.75) is 26.3 Å². The van der Waals surface area contributed by atoms with Crippen LogP contribution in [0.15, 0.2) is 0 Å². The molecule has 1 aliphatic heterocycles. The summed E-state index contributed by atoms with van der Waals surface area (Å²) in [5.41, 5.74) is 0. The molecular weight excluding hydrogens is 220 g/mol. The van der Waals surface area contributed by atoms with Gasteiger partial charge in [0.15, 0.2) is 0 Å². The highest BCUT2D eigenvalue weighted by Gasteiger charge is 2.45. The summed E-state index contributed by atoms with van der Waals surface area (Å²) in [6, 6.07) is -0.441. The highest BCUT2D eigenvalue weighted by atomic mass is 16.5. The molecule has 96 valence electrons. The van der Waals surface area contributed by atoms with Gasteiger partial charge in [-0.2, -0.15) is 0 Å². The van der Waals surface area contributed by atoms with E-state index in [1.54, 1.807) is 11.8 Å². The molecule has 0 spiro atoms. The number of carbonyl (C=O) groups is 2. The van der Waals surface area contributed by atoms with Crippen LogP contribution in [-0.2, 0) is 14.3 Å². The van der Waals surface area contributed by atoms with Crippen LogP contribution in [0.25, 0.3) is 0 Å². The zero-order chi connectivity index (χ0) is 12.4. The first kappa shape index (κ1) is 12.4. The van der Waals surface area contributed by atoms with Gasteiger partial charge in [-0.1, -0.05) is 6.92 Å². The summed E-state index contributed by atoms with van der Waals surface area (Å²) in [5, 5.41) is 3.13. The van der Waals surface area contributed by atoms with Gasteiger partial charge >= 0.3 is 5.97 Å². The van der Waals surface area contributed by atoms with E-state index in [0.717, 1.165) is 13.0 Å². The normalized spacial score (nSPS) is 32.1. The Morgan fingerprint density at radius 2 is 2.18 bits per heavy atom. The third kappa shape index (κ3) is 2.60. The lowest BCUT2D eigenvalue weighted by Gasteiger charge is -2.34. The minimum Gasteiger partial charge on any atom is -0.464 e. The number of nitrogens with one attached hydrogen (secondary N) is 1. The minimum absolute atomic E-state index is 0.122. The van der Waals surface area contributed by atoms with Crippen molar-refractivity contribution in [2.24, 2.45) is 11.8 Å². The molecule has 5 nitrogen and oxygen atoms in total. The average Bonchev–Trinajstić information content (AvgIpc) is 3.06. The SMILES string of the molecule is CCOC(=O)C1CNCCN1C(=O)C1CC1C. The number of piperazine rings is 1. The van der Waals surface area contributed by atoms with Crippen molar-refractivity contribution < 1.29 is 14.3 Å². The lowest BCUT2D eigenvalue weighted by atomic mass is 10.1. The molecule has 1 aliphatic carbocycles. The third-order valence-electron chi connectivity index (χ3n) is 3.51. The molecule has 17 heavy (non-hydrogen) atoms. The van der Waals surface area contributed by atoms with Crippen molar-refractivity contribution in [3.8, 4) is 0 Å². The van der Waals surface area contributed by atoms with Gasteiger partial charge in [0.25, 0.3) is 0 Å². The molecule has 3 atom stereocenters. The second kappa shape index (κ2) is 5.04. The Morgan fingerprint density at radius 1 is 1.47 bits per heavy atom. The van der Waals surface area contributed by atoms with E-state index in [1.165, 1.54) is 0 Å². The van der Waals surface area contributed by atoms with Crippen molar-refractivity contribution in [1.29, 1.82) is 0 Å². The van der Waals surface area contributed by atoms with Crippen molar-refractivity contribution in [3.05, 3.63) is 0 Å². The van der Waals surface area contributed by atoms with Crippen LogP contribution in [0.1, 0.15) is 20.3 Å². The maximum absolute atomic E-state index is 12.2. The number of esters is 1. The molecule has 0 aromatic heterocycles. The van der Waals surface area contributed by atoms with E-state index in [4.69, 9.17) is 4.74 Å². The van der Waals surface area contributed by atoms with Gasteiger partial charge in [-0.05, 0) is 19.3 Å². The van der Waals surface area contributed by atoms with Crippen LogP contribution in [0.2, 0.25) is 0 Å². The Bertz CT molecular complexity index is 319. The Labute approximate surface area is 101 Å². The topological polar surface area (TPSA) is 58.6 Å². The molecule has 2 fully saturated rings. The average molecular weight is 240 g/mol. The van der Waals surface area contributed by atoms with Crippen LogP contribution in [0.5, 0.6) is 0 Å². The number of nitrogens with zero attached hydrogens (tertiary/aromatic N) is 1. The van der Waals surface area contributed by atoms with Gasteiger partial charge in [0.05, 0.1) is 6.61 Å². The fraction of sp³-hybridized carbons (Fsp3) is 0.833. The van der Waals surface area contributed by atoms with Crippen LogP contribution in [0.3, 0.4) is 0 Å². The fourth-order valence-corrected chi connectivity index (χ4v) is 2.30. The van der Waals surface area contributed by atoms with Crippen molar-refractivity contribution in [2.75, 3.05) is 26.2 Å². The number of amides is 1. The van der Waals surface area contributed by atoms with Crippen LogP contribution < -0.4 is 5.32 Å². The van der Waals surface area contributed by atoms with Crippen molar-refractivity contribution >= 4 is 11.9 Å². The predicted octanol–water partition coefficient (Wildman–Crippen LogP) is 0.00590. The molecule has 1 amide bonds. The smallest absolute Gasteiger partial charge is 0.330 e. The van der Waals surface area contributed by atoms with Crippen LogP contribution >= 0.6 is 0 Å². The Morgan fingerprint density at radius 3 is 2.76 bits per heavy atom. The number of carbonyl (C=O) groups excluding carboxylic acids is 2. The molecule has 1 saturated heterocycles. The van der Waals surface area contributed by atoms with E-state index in [-0.39, 0.29) is 17.8 Å². The lowest BCUT2D eigenvalue weighted by molar-refractivity contribution is -0.156. The molecule has 5 heteroatoms. The first-order chi connectivity index (χ1) is 8.15. The molecule has 1 saturated carbocycles. The van der Waals surface area contributed by atoms with E-state index in [2.05, 4.69) is 12.2 Å². The van der Waals surface area contributed by atoms with Gasteiger partial charge in [-0.25, -0.2) is 4.79 Å². The predicted molar refractivity (Wildman–Crippen MR) is 62.3 cm³/mol. The Hall–Kier alpha value is -1.10. The number of rotatable bonds is 3. The summed E-state index contributed by atoms with van der Waals surface area (Å²) < 4.78 is 5.02. The largest absolute Gasteiger partial charge is 0.464 e. The highest BCUT2D eigenvalue weighted by Crippen LogP contribution is 2.39. The Kier molecular flexibility index (Phi) is 3.66. The number of hydrogen-bond acceptors (Lipinski definition) is 4. The minimum atomic E-state index is -0.441. The monoisotopic (exact) mass is 240 g/mol. The lowest BCUT2D eigenvalue weighted by Crippen LogP contribution is -2.57. The summed E-state index contributed by atoms with van der Waals surface area (Å²) in [5.74, 6) is 0.434. The van der Waals surface area contributed by atoms with E-state index in [9.17, 15) is 9.59 Å². The van der Waals surface area contributed by atoms with Gasteiger partial charge in [-0.3, -0.25) is 4.79 Å². The van der Waals surface area contributed by atoms with Crippen LogP contribution in [-0.4, -0.2) is 49.1 Å². The molecule has 2 rings (SSSR count). The van der Waals surface area contributed by atoms with E-state index < -0.39 is 6.04 Å². The molecule has 1 heterocycles. The molecule has 0 aromatic carbocycles. The maximum Gasteiger partial charge on any atom is 0.330 e. The summed E-state index contributed by atoms with van der Waals surface area (Å²) in [6.07, 6.45) is 0.957. The van der Waals surface area contributed by atoms with Crippen LogP contribution in [0, 0.1) is 11.8 Å². The first-order valence-electron chi connectivity index (χ1n) is 6.33. The molecule has 3 unspecified atom stereocenters. The van der Waals surface area contributed by atoms with Gasteiger partial charge in [0, 0.05) is 25.6 Å². The summed E-state index contributed by atoms with van der Waals surface area (Å²) in [4.78, 5) is 25.7. The number of hydrogen-bond donors (Lipinski definition) is 1. The van der Waals surface area contributed by atoms with Crippen molar-refractivity contribution in [1.82, 2.24) is 10.2 Å². The summed E-state index contributed by atoms with van der Waals surface area (Å²) in [6.45, 7) is 6.07. The van der Waals surface area contributed by atoms with Crippen LogP contribution in [0.4, 0.5) is 0 Å². The van der Waals surface area contributed by atoms with E-state index in [0.29, 0.717) is 25.6 Å². The first-order valence-corrected chi connectivity index (χ1v) is 6.33. The van der Waals surface area contributed by atoms with Gasteiger partial charge < -0.3 is 15.0 Å². The third-order valence-corrected chi connectivity index (χ3v) is 3.51. The number of ether oxygens (including phenoxy) is 1. The zero-order valence-electron chi connectivity index (χ0n) is 10.4. The van der Waals surface area contributed by atoms with Crippen molar-refractivity contribution in [3.63, 3.8) is 0 Å².